The molecule has 2 rings (SSSR count). The van der Waals surface area contributed by atoms with Crippen molar-refractivity contribution in [1.82, 2.24) is 0 Å². The lowest BCUT2D eigenvalue weighted by atomic mass is 9.87. The summed E-state index contributed by atoms with van der Waals surface area (Å²) in [7, 11) is 0. The van der Waals surface area contributed by atoms with Crippen LogP contribution in [-0.4, -0.2) is 5.25 Å². The summed E-state index contributed by atoms with van der Waals surface area (Å²) in [4.78, 5) is 1.28. The minimum absolute atomic E-state index is 0.776. The lowest BCUT2D eigenvalue weighted by Crippen LogP contribution is -2.16. The van der Waals surface area contributed by atoms with E-state index in [1.165, 1.54) is 42.6 Å². The first-order chi connectivity index (χ1) is 8.20. The maximum absolute atomic E-state index is 6.15. The number of rotatable bonds is 3. The molecular weight excluding hydrogens is 226 g/mol. The summed E-state index contributed by atoms with van der Waals surface area (Å²) in [5, 5.41) is 0.776. The largest absolute Gasteiger partial charge is 0.398 e. The smallest absolute Gasteiger partial charge is 0.0482 e. The van der Waals surface area contributed by atoms with Crippen molar-refractivity contribution in [2.45, 2.75) is 56.1 Å². The zero-order valence-corrected chi connectivity index (χ0v) is 11.7. The van der Waals surface area contributed by atoms with E-state index in [1.54, 1.807) is 0 Å². The molecule has 2 N–H and O–H groups in total. The molecule has 1 nitrogen and oxygen atoms in total. The van der Waals surface area contributed by atoms with E-state index in [-0.39, 0.29) is 0 Å². The summed E-state index contributed by atoms with van der Waals surface area (Å²) in [5.41, 5.74) is 8.33. The molecule has 1 fully saturated rings. The van der Waals surface area contributed by atoms with E-state index in [9.17, 15) is 0 Å². The number of para-hydroxylation sites is 1. The number of anilines is 1. The third kappa shape index (κ3) is 3.19. The van der Waals surface area contributed by atoms with Crippen LogP contribution in [0.15, 0.2) is 23.1 Å². The Labute approximate surface area is 109 Å². The van der Waals surface area contributed by atoms with Crippen molar-refractivity contribution in [3.05, 3.63) is 23.8 Å². The van der Waals surface area contributed by atoms with Crippen LogP contribution >= 0.6 is 11.8 Å². The van der Waals surface area contributed by atoms with Gasteiger partial charge in [0.1, 0.15) is 0 Å². The molecule has 17 heavy (non-hydrogen) atoms. The number of nitrogen functional groups attached to an aromatic ring is 1. The molecule has 0 heterocycles. The van der Waals surface area contributed by atoms with Gasteiger partial charge in [0.2, 0.25) is 0 Å². The fourth-order valence-corrected chi connectivity index (χ4v) is 4.11. The summed E-state index contributed by atoms with van der Waals surface area (Å²) < 4.78 is 0. The lowest BCUT2D eigenvalue weighted by Gasteiger charge is -2.28. The second-order valence-corrected chi connectivity index (χ2v) is 6.51. The molecule has 0 bridgehead atoms. The highest BCUT2D eigenvalue weighted by Gasteiger charge is 2.22. The topological polar surface area (TPSA) is 26.0 Å². The molecule has 0 aliphatic heterocycles. The second-order valence-electron chi connectivity index (χ2n) is 5.17. The Morgan fingerprint density at radius 1 is 1.35 bits per heavy atom. The lowest BCUT2D eigenvalue weighted by molar-refractivity contribution is 0.357. The molecule has 2 heteroatoms. The maximum atomic E-state index is 6.15. The quantitative estimate of drug-likeness (QED) is 0.790. The molecule has 0 radical (unpaired) electrons. The van der Waals surface area contributed by atoms with Crippen molar-refractivity contribution in [2.24, 2.45) is 5.92 Å². The van der Waals surface area contributed by atoms with E-state index in [0.29, 0.717) is 0 Å². The standard InChI is InChI=1S/C15H23NS/c1-3-12-7-5-8-13(10-12)17-14-9-4-6-11(2)15(14)16/h4,6,9,12-13H,3,5,7-8,10,16H2,1-2H3. The molecule has 0 saturated heterocycles. The highest BCUT2D eigenvalue weighted by Crippen LogP contribution is 2.39. The molecule has 0 spiro atoms. The van der Waals surface area contributed by atoms with Gasteiger partial charge in [-0.05, 0) is 37.3 Å². The number of hydrogen-bond acceptors (Lipinski definition) is 2. The zero-order chi connectivity index (χ0) is 12.3. The predicted octanol–water partition coefficient (Wildman–Crippen LogP) is 4.64. The van der Waals surface area contributed by atoms with Gasteiger partial charge in [0.15, 0.2) is 0 Å². The number of thioether (sulfide) groups is 1. The van der Waals surface area contributed by atoms with Crippen molar-refractivity contribution >= 4 is 17.4 Å². The average molecular weight is 249 g/mol. The second kappa shape index (κ2) is 5.81. The Morgan fingerprint density at radius 2 is 2.18 bits per heavy atom. The first-order valence-electron chi connectivity index (χ1n) is 6.72. The summed E-state index contributed by atoms with van der Waals surface area (Å²) >= 11 is 2.00. The Morgan fingerprint density at radius 3 is 2.94 bits per heavy atom. The van der Waals surface area contributed by atoms with E-state index in [1.807, 2.05) is 11.8 Å². The Kier molecular flexibility index (Phi) is 4.38. The van der Waals surface area contributed by atoms with Gasteiger partial charge in [0.05, 0.1) is 0 Å². The maximum Gasteiger partial charge on any atom is 0.0482 e. The fourth-order valence-electron chi connectivity index (χ4n) is 2.66. The van der Waals surface area contributed by atoms with Gasteiger partial charge in [-0.25, -0.2) is 0 Å². The molecule has 1 aliphatic rings. The summed E-state index contributed by atoms with van der Waals surface area (Å²) in [6.45, 7) is 4.41. The first-order valence-corrected chi connectivity index (χ1v) is 7.60. The van der Waals surface area contributed by atoms with E-state index >= 15 is 0 Å². The van der Waals surface area contributed by atoms with Crippen LogP contribution < -0.4 is 5.73 Å². The van der Waals surface area contributed by atoms with Crippen LogP contribution in [0.25, 0.3) is 0 Å². The monoisotopic (exact) mass is 249 g/mol. The van der Waals surface area contributed by atoms with Gasteiger partial charge in [0, 0.05) is 15.8 Å². The minimum Gasteiger partial charge on any atom is -0.398 e. The van der Waals surface area contributed by atoms with E-state index in [0.717, 1.165) is 16.9 Å². The van der Waals surface area contributed by atoms with Gasteiger partial charge < -0.3 is 5.73 Å². The number of benzene rings is 1. The molecule has 0 amide bonds. The van der Waals surface area contributed by atoms with E-state index in [2.05, 4.69) is 32.0 Å². The molecule has 1 saturated carbocycles. The third-order valence-electron chi connectivity index (χ3n) is 3.89. The van der Waals surface area contributed by atoms with Gasteiger partial charge in [0.25, 0.3) is 0 Å². The SMILES string of the molecule is CCC1CCCC(Sc2cccc(C)c2N)C1. The minimum atomic E-state index is 0.776. The molecule has 1 aromatic rings. The molecule has 1 aliphatic carbocycles. The summed E-state index contributed by atoms with van der Waals surface area (Å²) in [5.74, 6) is 0.937. The molecular formula is C15H23NS. The average Bonchev–Trinajstić information content (AvgIpc) is 2.35. The highest BCUT2D eigenvalue weighted by atomic mass is 32.2. The van der Waals surface area contributed by atoms with Crippen LogP contribution in [0.2, 0.25) is 0 Å². The first kappa shape index (κ1) is 12.8. The Balaban J connectivity index is 2.02. The number of nitrogens with two attached hydrogens (primary N) is 1. The van der Waals surface area contributed by atoms with Gasteiger partial charge in [-0.2, -0.15) is 0 Å². The number of aryl methyl sites for hydroxylation is 1. The van der Waals surface area contributed by atoms with Crippen LogP contribution in [0.1, 0.15) is 44.6 Å². The predicted molar refractivity (Wildman–Crippen MR) is 77.5 cm³/mol. The van der Waals surface area contributed by atoms with Gasteiger partial charge in [-0.15, -0.1) is 11.8 Å². The highest BCUT2D eigenvalue weighted by molar-refractivity contribution is 8.00. The van der Waals surface area contributed by atoms with Crippen LogP contribution in [-0.2, 0) is 0 Å². The van der Waals surface area contributed by atoms with Crippen LogP contribution in [0.3, 0.4) is 0 Å². The van der Waals surface area contributed by atoms with E-state index < -0.39 is 0 Å². The van der Waals surface area contributed by atoms with Crippen molar-refractivity contribution in [3.63, 3.8) is 0 Å². The van der Waals surface area contributed by atoms with Gasteiger partial charge >= 0.3 is 0 Å². The molecule has 1 aromatic carbocycles. The van der Waals surface area contributed by atoms with Crippen LogP contribution in [0, 0.1) is 12.8 Å². The molecule has 94 valence electrons. The van der Waals surface area contributed by atoms with Crippen molar-refractivity contribution in [3.8, 4) is 0 Å². The summed E-state index contributed by atoms with van der Waals surface area (Å²) in [6.07, 6.45) is 6.88. The van der Waals surface area contributed by atoms with Crippen molar-refractivity contribution in [2.75, 3.05) is 5.73 Å². The van der Waals surface area contributed by atoms with Crippen LogP contribution in [0.5, 0.6) is 0 Å². The Bertz CT molecular complexity index is 375. The van der Waals surface area contributed by atoms with Crippen LogP contribution in [0.4, 0.5) is 5.69 Å². The van der Waals surface area contributed by atoms with Crippen molar-refractivity contribution in [1.29, 1.82) is 0 Å². The fraction of sp³-hybridized carbons (Fsp3) is 0.600. The van der Waals surface area contributed by atoms with Gasteiger partial charge in [-0.1, -0.05) is 38.3 Å². The Hall–Kier alpha value is -0.630. The third-order valence-corrected chi connectivity index (χ3v) is 5.26. The normalized spacial score (nSPS) is 24.8. The zero-order valence-electron chi connectivity index (χ0n) is 10.9. The molecule has 0 aromatic heterocycles. The number of hydrogen-bond donors (Lipinski definition) is 1. The van der Waals surface area contributed by atoms with Gasteiger partial charge in [-0.3, -0.25) is 0 Å². The van der Waals surface area contributed by atoms with Crippen molar-refractivity contribution < 1.29 is 0 Å². The van der Waals surface area contributed by atoms with E-state index in [4.69, 9.17) is 5.73 Å². The molecule has 2 atom stereocenters. The summed E-state index contributed by atoms with van der Waals surface area (Å²) in [6, 6.07) is 6.38. The molecule has 2 unspecified atom stereocenters.